The Balaban J connectivity index is 1.78. The van der Waals surface area contributed by atoms with Gasteiger partial charge in [-0.1, -0.05) is 0 Å². The Labute approximate surface area is 94.4 Å². The predicted octanol–water partition coefficient (Wildman–Crippen LogP) is -0.465. The van der Waals surface area contributed by atoms with Gasteiger partial charge >= 0.3 is 0 Å². The molecule has 0 spiro atoms. The Bertz CT molecular complexity index is 337. The molecule has 1 aliphatic heterocycles. The van der Waals surface area contributed by atoms with Crippen molar-refractivity contribution in [2.45, 2.75) is 38.4 Å². The van der Waals surface area contributed by atoms with Crippen LogP contribution in [-0.2, 0) is 11.3 Å². The van der Waals surface area contributed by atoms with Crippen molar-refractivity contribution in [3.63, 3.8) is 0 Å². The van der Waals surface area contributed by atoms with E-state index in [-0.39, 0.29) is 18.5 Å². The van der Waals surface area contributed by atoms with E-state index in [1.165, 1.54) is 11.0 Å². The number of nitrogens with one attached hydrogen (secondary N) is 2. The van der Waals surface area contributed by atoms with Crippen LogP contribution >= 0.6 is 0 Å². The zero-order valence-corrected chi connectivity index (χ0v) is 9.39. The van der Waals surface area contributed by atoms with Gasteiger partial charge in [-0.05, 0) is 26.3 Å². The third kappa shape index (κ3) is 3.03. The molecule has 0 aromatic carbocycles. The normalized spacial score (nSPS) is 25.3. The third-order valence-corrected chi connectivity index (χ3v) is 2.76. The van der Waals surface area contributed by atoms with Crippen molar-refractivity contribution in [1.29, 1.82) is 0 Å². The highest BCUT2D eigenvalue weighted by Gasteiger charge is 2.19. The summed E-state index contributed by atoms with van der Waals surface area (Å²) in [6.45, 7) is 3.35. The fourth-order valence-electron chi connectivity index (χ4n) is 2.00. The molecule has 1 saturated heterocycles. The van der Waals surface area contributed by atoms with Gasteiger partial charge in [0.05, 0.1) is 0 Å². The summed E-state index contributed by atoms with van der Waals surface area (Å²) in [6, 6.07) is 0.762. The maximum absolute atomic E-state index is 11.7. The summed E-state index contributed by atoms with van der Waals surface area (Å²) < 4.78 is 1.53. The van der Waals surface area contributed by atoms with E-state index in [1.54, 1.807) is 6.33 Å². The van der Waals surface area contributed by atoms with Crippen molar-refractivity contribution < 1.29 is 4.79 Å². The van der Waals surface area contributed by atoms with Crippen molar-refractivity contribution >= 4 is 5.91 Å². The van der Waals surface area contributed by atoms with Crippen LogP contribution in [0.1, 0.15) is 19.8 Å². The molecule has 88 valence electrons. The molecule has 1 aromatic heterocycles. The minimum absolute atomic E-state index is 0.00426. The fraction of sp³-hybridized carbons (Fsp3) is 0.700. The molecule has 2 atom stereocenters. The largest absolute Gasteiger partial charge is 0.352 e. The fourth-order valence-corrected chi connectivity index (χ4v) is 2.00. The second-order valence-corrected chi connectivity index (χ2v) is 4.24. The lowest BCUT2D eigenvalue weighted by molar-refractivity contribution is -0.122. The molecule has 0 saturated carbocycles. The van der Waals surface area contributed by atoms with Gasteiger partial charge in [-0.2, -0.15) is 5.10 Å². The van der Waals surface area contributed by atoms with Gasteiger partial charge in [0.2, 0.25) is 5.91 Å². The van der Waals surface area contributed by atoms with Crippen LogP contribution in [0.5, 0.6) is 0 Å². The van der Waals surface area contributed by atoms with Crippen LogP contribution in [0.15, 0.2) is 12.7 Å². The summed E-state index contributed by atoms with van der Waals surface area (Å²) in [6.07, 6.45) is 4.96. The number of hydrogen-bond donors (Lipinski definition) is 2. The van der Waals surface area contributed by atoms with Gasteiger partial charge in [0.1, 0.15) is 19.2 Å². The number of amides is 1. The first-order valence-electron chi connectivity index (χ1n) is 5.59. The van der Waals surface area contributed by atoms with Gasteiger partial charge in [0.15, 0.2) is 0 Å². The summed E-state index contributed by atoms with van der Waals surface area (Å²) in [5.74, 6) is 0.00426. The summed E-state index contributed by atoms with van der Waals surface area (Å²) in [5, 5.41) is 10.3. The van der Waals surface area contributed by atoms with E-state index in [4.69, 9.17) is 0 Å². The third-order valence-electron chi connectivity index (χ3n) is 2.76. The average Bonchev–Trinajstić information content (AvgIpc) is 2.70. The highest BCUT2D eigenvalue weighted by molar-refractivity contribution is 5.75. The Morgan fingerprint density at radius 2 is 2.56 bits per heavy atom. The van der Waals surface area contributed by atoms with Gasteiger partial charge in [-0.25, -0.2) is 9.67 Å². The number of piperidine rings is 1. The lowest BCUT2D eigenvalue weighted by atomic mass is 10.0. The molecule has 1 aromatic rings. The smallest absolute Gasteiger partial charge is 0.242 e. The van der Waals surface area contributed by atoms with Crippen LogP contribution in [0.2, 0.25) is 0 Å². The maximum atomic E-state index is 11.7. The molecule has 2 rings (SSSR count). The molecule has 6 heteroatoms. The topological polar surface area (TPSA) is 71.8 Å². The van der Waals surface area contributed by atoms with Crippen LogP contribution < -0.4 is 10.6 Å². The number of rotatable bonds is 3. The first-order valence-corrected chi connectivity index (χ1v) is 5.59. The number of nitrogens with zero attached hydrogens (tertiary/aromatic N) is 3. The van der Waals surface area contributed by atoms with Crippen molar-refractivity contribution in [2.24, 2.45) is 0 Å². The van der Waals surface area contributed by atoms with Crippen molar-refractivity contribution in [2.75, 3.05) is 6.54 Å². The van der Waals surface area contributed by atoms with Crippen molar-refractivity contribution in [3.05, 3.63) is 12.7 Å². The molecular weight excluding hydrogens is 206 g/mol. The Kier molecular flexibility index (Phi) is 3.51. The zero-order valence-electron chi connectivity index (χ0n) is 9.39. The molecule has 1 aliphatic rings. The molecule has 1 amide bonds. The number of hydrogen-bond acceptors (Lipinski definition) is 4. The van der Waals surface area contributed by atoms with Crippen LogP contribution in [0.4, 0.5) is 0 Å². The Hall–Kier alpha value is -1.43. The Morgan fingerprint density at radius 1 is 1.69 bits per heavy atom. The SMILES string of the molecule is CC1CC(NC(=O)Cn2cncn2)CCN1. The highest BCUT2D eigenvalue weighted by atomic mass is 16.2. The van der Waals surface area contributed by atoms with Crippen LogP contribution in [-0.4, -0.2) is 39.3 Å². The summed E-state index contributed by atoms with van der Waals surface area (Å²) in [5.41, 5.74) is 0. The molecule has 2 unspecified atom stereocenters. The van der Waals surface area contributed by atoms with E-state index < -0.39 is 0 Å². The van der Waals surface area contributed by atoms with E-state index in [0.29, 0.717) is 6.04 Å². The monoisotopic (exact) mass is 223 g/mol. The Morgan fingerprint density at radius 3 is 3.25 bits per heavy atom. The molecule has 0 aliphatic carbocycles. The molecular formula is C10H17N5O. The first-order chi connectivity index (χ1) is 7.74. The van der Waals surface area contributed by atoms with Crippen LogP contribution in [0.25, 0.3) is 0 Å². The number of carbonyl (C=O) groups excluding carboxylic acids is 1. The molecule has 0 radical (unpaired) electrons. The molecule has 2 N–H and O–H groups in total. The lowest BCUT2D eigenvalue weighted by Gasteiger charge is -2.28. The standard InChI is InChI=1S/C10H17N5O/c1-8-4-9(2-3-12-8)14-10(16)5-15-7-11-6-13-15/h6-9,12H,2-5H2,1H3,(H,14,16). The van der Waals surface area contributed by atoms with E-state index in [9.17, 15) is 4.79 Å². The summed E-state index contributed by atoms with van der Waals surface area (Å²) in [4.78, 5) is 15.5. The molecule has 1 fully saturated rings. The van der Waals surface area contributed by atoms with Gasteiger partial charge in [-0.15, -0.1) is 0 Å². The summed E-state index contributed by atoms with van der Waals surface area (Å²) >= 11 is 0. The lowest BCUT2D eigenvalue weighted by Crippen LogP contribution is -2.47. The van der Waals surface area contributed by atoms with E-state index in [0.717, 1.165) is 19.4 Å². The van der Waals surface area contributed by atoms with Crippen molar-refractivity contribution in [1.82, 2.24) is 25.4 Å². The van der Waals surface area contributed by atoms with Gasteiger partial charge < -0.3 is 10.6 Å². The van der Waals surface area contributed by atoms with Crippen LogP contribution in [0.3, 0.4) is 0 Å². The van der Waals surface area contributed by atoms with Gasteiger partial charge in [-0.3, -0.25) is 4.79 Å². The van der Waals surface area contributed by atoms with Gasteiger partial charge in [0, 0.05) is 12.1 Å². The second-order valence-electron chi connectivity index (χ2n) is 4.24. The average molecular weight is 223 g/mol. The zero-order chi connectivity index (χ0) is 11.4. The first kappa shape index (κ1) is 11.1. The van der Waals surface area contributed by atoms with Crippen molar-refractivity contribution in [3.8, 4) is 0 Å². The molecule has 2 heterocycles. The second kappa shape index (κ2) is 5.07. The summed E-state index contributed by atoms with van der Waals surface area (Å²) in [7, 11) is 0. The molecule has 6 nitrogen and oxygen atoms in total. The minimum Gasteiger partial charge on any atom is -0.352 e. The highest BCUT2D eigenvalue weighted by Crippen LogP contribution is 2.07. The van der Waals surface area contributed by atoms with Crippen LogP contribution in [0, 0.1) is 0 Å². The predicted molar refractivity (Wildman–Crippen MR) is 58.7 cm³/mol. The molecule has 0 bridgehead atoms. The van der Waals surface area contributed by atoms with E-state index in [2.05, 4.69) is 27.6 Å². The molecule has 16 heavy (non-hydrogen) atoms. The van der Waals surface area contributed by atoms with Gasteiger partial charge in [0.25, 0.3) is 0 Å². The number of carbonyl (C=O) groups is 1. The van der Waals surface area contributed by atoms with E-state index >= 15 is 0 Å². The number of aromatic nitrogens is 3. The van der Waals surface area contributed by atoms with E-state index in [1.807, 2.05) is 0 Å². The maximum Gasteiger partial charge on any atom is 0.242 e. The minimum atomic E-state index is 0.00426. The quantitative estimate of drug-likeness (QED) is 0.727.